The summed E-state index contributed by atoms with van der Waals surface area (Å²) in [6.07, 6.45) is 6.44. The Hall–Kier alpha value is -1.95. The predicted molar refractivity (Wildman–Crippen MR) is 127 cm³/mol. The molecule has 0 aliphatic carbocycles. The number of hydrogen-bond acceptors (Lipinski definition) is 1. The van der Waals surface area contributed by atoms with Gasteiger partial charge in [-0.3, -0.25) is 0 Å². The van der Waals surface area contributed by atoms with Gasteiger partial charge in [0.05, 0.1) is 6.16 Å². The van der Waals surface area contributed by atoms with Crippen molar-refractivity contribution in [2.24, 2.45) is 0 Å². The van der Waals surface area contributed by atoms with Crippen LogP contribution in [0.1, 0.15) is 25.7 Å². The Morgan fingerprint density at radius 3 is 1.32 bits per heavy atom. The first kappa shape index (κ1) is 20.8. The van der Waals surface area contributed by atoms with Crippen LogP contribution in [-0.4, -0.2) is 31.7 Å². The van der Waals surface area contributed by atoms with Gasteiger partial charge in [0.1, 0.15) is 23.2 Å². The molecule has 0 amide bonds. The summed E-state index contributed by atoms with van der Waals surface area (Å²) in [5.74, 6) is 0. The Balaban J connectivity index is 1.93. The zero-order chi connectivity index (χ0) is 19.7. The molecule has 3 aromatic carbocycles. The van der Waals surface area contributed by atoms with Crippen molar-refractivity contribution in [2.75, 3.05) is 26.8 Å². The standard InChI is InChI=1S/C26H33NP/c1-27(2)22-14-3-4-15-23-28(24-16-8-5-9-17-24,25-18-10-6-11-19-25)26-20-12-7-13-21-26/h5-13,16-21H,3-4,14-15,22-23H2,1-2H3/q+1. The van der Waals surface area contributed by atoms with Gasteiger partial charge in [-0.15, -0.1) is 0 Å². The highest BCUT2D eigenvalue weighted by Crippen LogP contribution is 2.55. The lowest BCUT2D eigenvalue weighted by Crippen LogP contribution is -2.33. The second-order valence-electron chi connectivity index (χ2n) is 7.76. The Morgan fingerprint density at radius 2 is 0.929 bits per heavy atom. The molecule has 28 heavy (non-hydrogen) atoms. The molecule has 0 aliphatic rings. The number of unbranched alkanes of at least 4 members (excludes halogenated alkanes) is 3. The lowest BCUT2D eigenvalue weighted by Gasteiger charge is -2.27. The average Bonchev–Trinajstić information content (AvgIpc) is 2.75. The molecule has 0 N–H and O–H groups in total. The van der Waals surface area contributed by atoms with Gasteiger partial charge in [-0.2, -0.15) is 0 Å². The largest absolute Gasteiger partial charge is 0.309 e. The Kier molecular flexibility index (Phi) is 7.83. The van der Waals surface area contributed by atoms with E-state index in [0.29, 0.717) is 0 Å². The van der Waals surface area contributed by atoms with Crippen molar-refractivity contribution in [3.05, 3.63) is 91.0 Å². The minimum Gasteiger partial charge on any atom is -0.309 e. The first-order chi connectivity index (χ1) is 13.7. The summed E-state index contributed by atoms with van der Waals surface area (Å²) < 4.78 is 0. The van der Waals surface area contributed by atoms with Gasteiger partial charge in [-0.05, 0) is 76.3 Å². The molecule has 1 nitrogen and oxygen atoms in total. The van der Waals surface area contributed by atoms with E-state index in [1.807, 2.05) is 0 Å². The van der Waals surface area contributed by atoms with E-state index in [2.05, 4.69) is 110 Å². The molecule has 0 atom stereocenters. The first-order valence-corrected chi connectivity index (χ1v) is 12.4. The molecule has 0 radical (unpaired) electrons. The van der Waals surface area contributed by atoms with Crippen LogP contribution in [-0.2, 0) is 0 Å². The molecule has 3 rings (SSSR count). The van der Waals surface area contributed by atoms with E-state index in [0.717, 1.165) is 0 Å². The van der Waals surface area contributed by atoms with Gasteiger partial charge in [0.15, 0.2) is 0 Å². The zero-order valence-electron chi connectivity index (χ0n) is 17.3. The maximum Gasteiger partial charge on any atom is 0.112 e. The third-order valence-electron chi connectivity index (χ3n) is 5.44. The lowest BCUT2D eigenvalue weighted by molar-refractivity contribution is 0.391. The molecule has 2 heteroatoms. The molecule has 0 aromatic heterocycles. The van der Waals surface area contributed by atoms with E-state index < -0.39 is 7.26 Å². The fourth-order valence-corrected chi connectivity index (χ4v) is 8.42. The van der Waals surface area contributed by atoms with E-state index >= 15 is 0 Å². The van der Waals surface area contributed by atoms with Crippen LogP contribution in [0.3, 0.4) is 0 Å². The quantitative estimate of drug-likeness (QED) is 0.344. The smallest absolute Gasteiger partial charge is 0.112 e. The Bertz CT molecular complexity index is 703. The fourth-order valence-electron chi connectivity index (χ4n) is 4.01. The molecule has 146 valence electrons. The van der Waals surface area contributed by atoms with E-state index in [9.17, 15) is 0 Å². The summed E-state index contributed by atoms with van der Waals surface area (Å²) in [5.41, 5.74) is 0. The molecule has 0 saturated heterocycles. The van der Waals surface area contributed by atoms with E-state index in [-0.39, 0.29) is 0 Å². The summed E-state index contributed by atoms with van der Waals surface area (Å²) in [4.78, 5) is 2.29. The van der Waals surface area contributed by atoms with Crippen LogP contribution in [0.15, 0.2) is 91.0 Å². The Morgan fingerprint density at radius 1 is 0.536 bits per heavy atom. The summed E-state index contributed by atoms with van der Waals surface area (Å²) in [6.45, 7) is 1.19. The van der Waals surface area contributed by atoms with Gasteiger partial charge < -0.3 is 4.90 Å². The molecular weight excluding hydrogens is 357 g/mol. The topological polar surface area (TPSA) is 3.24 Å². The normalized spacial score (nSPS) is 11.7. The van der Waals surface area contributed by atoms with Crippen LogP contribution in [0.2, 0.25) is 0 Å². The van der Waals surface area contributed by atoms with Crippen molar-refractivity contribution in [1.29, 1.82) is 0 Å². The summed E-state index contributed by atoms with van der Waals surface area (Å²) in [7, 11) is 2.70. The van der Waals surface area contributed by atoms with Crippen LogP contribution in [0, 0.1) is 0 Å². The summed E-state index contributed by atoms with van der Waals surface area (Å²) in [5, 5.41) is 4.50. The van der Waals surface area contributed by atoms with E-state index in [1.165, 1.54) is 54.3 Å². The SMILES string of the molecule is CN(C)CCCCCC[P+](c1ccccc1)(c1ccccc1)c1ccccc1. The van der Waals surface area contributed by atoms with E-state index in [1.54, 1.807) is 0 Å². The molecule has 0 heterocycles. The fraction of sp³-hybridized carbons (Fsp3) is 0.308. The van der Waals surface area contributed by atoms with Gasteiger partial charge in [-0.1, -0.05) is 61.0 Å². The number of benzene rings is 3. The monoisotopic (exact) mass is 390 g/mol. The second kappa shape index (κ2) is 10.6. The van der Waals surface area contributed by atoms with Crippen molar-refractivity contribution in [3.63, 3.8) is 0 Å². The highest BCUT2D eigenvalue weighted by atomic mass is 31.2. The first-order valence-electron chi connectivity index (χ1n) is 10.4. The van der Waals surface area contributed by atoms with E-state index in [4.69, 9.17) is 0 Å². The van der Waals surface area contributed by atoms with Gasteiger partial charge >= 0.3 is 0 Å². The zero-order valence-corrected chi connectivity index (χ0v) is 18.2. The minimum atomic E-state index is -1.63. The number of hydrogen-bond donors (Lipinski definition) is 0. The molecule has 0 unspecified atom stereocenters. The van der Waals surface area contributed by atoms with Gasteiger partial charge in [-0.25, -0.2) is 0 Å². The average molecular weight is 391 g/mol. The van der Waals surface area contributed by atoms with Crippen LogP contribution in [0.5, 0.6) is 0 Å². The van der Waals surface area contributed by atoms with Crippen LogP contribution >= 0.6 is 7.26 Å². The van der Waals surface area contributed by atoms with Crippen molar-refractivity contribution < 1.29 is 0 Å². The highest BCUT2D eigenvalue weighted by molar-refractivity contribution is 7.95. The maximum absolute atomic E-state index is 2.35. The predicted octanol–water partition coefficient (Wildman–Crippen LogP) is 5.10. The summed E-state index contributed by atoms with van der Waals surface area (Å²) in [6, 6.07) is 33.7. The third-order valence-corrected chi connectivity index (χ3v) is 9.97. The third kappa shape index (κ3) is 5.10. The molecule has 0 saturated carbocycles. The second-order valence-corrected chi connectivity index (χ2v) is 11.4. The lowest BCUT2D eigenvalue weighted by atomic mass is 10.2. The van der Waals surface area contributed by atoms with Crippen LogP contribution in [0.4, 0.5) is 0 Å². The van der Waals surface area contributed by atoms with Crippen LogP contribution in [0.25, 0.3) is 0 Å². The van der Waals surface area contributed by atoms with Gasteiger partial charge in [0, 0.05) is 0 Å². The molecule has 0 spiro atoms. The van der Waals surface area contributed by atoms with Crippen molar-refractivity contribution in [3.8, 4) is 0 Å². The maximum atomic E-state index is 2.35. The molecule has 0 fully saturated rings. The van der Waals surface area contributed by atoms with Gasteiger partial charge in [0.2, 0.25) is 0 Å². The van der Waals surface area contributed by atoms with Gasteiger partial charge in [0.25, 0.3) is 0 Å². The molecule has 0 bridgehead atoms. The highest BCUT2D eigenvalue weighted by Gasteiger charge is 2.44. The molecule has 3 aromatic rings. The Labute approximate surface area is 171 Å². The number of nitrogens with zero attached hydrogens (tertiary/aromatic N) is 1. The van der Waals surface area contributed by atoms with Crippen LogP contribution < -0.4 is 15.9 Å². The number of rotatable bonds is 10. The van der Waals surface area contributed by atoms with Crippen molar-refractivity contribution >= 4 is 23.2 Å². The summed E-state index contributed by atoms with van der Waals surface area (Å²) >= 11 is 0. The molecular formula is C26H33NP+. The van der Waals surface area contributed by atoms with Crippen molar-refractivity contribution in [2.45, 2.75) is 25.7 Å². The van der Waals surface area contributed by atoms with Crippen molar-refractivity contribution in [1.82, 2.24) is 4.90 Å². The molecule has 0 aliphatic heterocycles. The minimum absolute atomic E-state index is 1.19.